The molecule has 136 valence electrons. The maximum absolute atomic E-state index is 12.4. The molecule has 3 aliphatic heterocycles. The van der Waals surface area contributed by atoms with Gasteiger partial charge >= 0.3 is 0 Å². The molecular weight excluding hydrogens is 364 g/mol. The molecule has 2 aromatic rings. The number of benzene rings is 2. The van der Waals surface area contributed by atoms with Crippen molar-refractivity contribution in [2.75, 3.05) is 17.9 Å². The number of fused-ring (bicyclic) bond motifs is 4. The minimum Gasteiger partial charge on any atom is -0.454 e. The smallest absolute Gasteiger partial charge is 0.234 e. The quantitative estimate of drug-likeness (QED) is 0.882. The average Bonchev–Trinajstić information content (AvgIpc) is 3.35. The molecule has 0 aliphatic carbocycles. The Morgan fingerprint density at radius 3 is 3.07 bits per heavy atom. The van der Waals surface area contributed by atoms with Crippen LogP contribution >= 0.6 is 11.8 Å². The Hall–Kier alpha value is -3.00. The van der Waals surface area contributed by atoms with Crippen molar-refractivity contribution >= 4 is 40.4 Å². The molecule has 7 nitrogen and oxygen atoms in total. The lowest BCUT2D eigenvalue weighted by molar-refractivity contribution is -0.113. The molecular formula is C19H16N4O3S. The lowest BCUT2D eigenvalue weighted by Gasteiger charge is -2.29. The number of rotatable bonds is 3. The number of amidine groups is 1. The van der Waals surface area contributed by atoms with Gasteiger partial charge in [-0.05, 0) is 18.2 Å². The number of nitrogens with one attached hydrogen (secondary N) is 1. The maximum Gasteiger partial charge on any atom is 0.234 e. The molecule has 1 unspecified atom stereocenters. The molecule has 8 heteroatoms. The Bertz CT molecular complexity index is 975. The van der Waals surface area contributed by atoms with Gasteiger partial charge in [0, 0.05) is 30.0 Å². The summed E-state index contributed by atoms with van der Waals surface area (Å²) in [6.45, 7) is 0.210. The topological polar surface area (TPSA) is 75.5 Å². The third kappa shape index (κ3) is 3.02. The molecule has 3 aliphatic rings. The van der Waals surface area contributed by atoms with E-state index in [4.69, 9.17) is 9.47 Å². The van der Waals surface area contributed by atoms with Gasteiger partial charge in [-0.15, -0.1) is 0 Å². The fourth-order valence-electron chi connectivity index (χ4n) is 3.28. The number of carbonyl (C=O) groups is 1. The predicted molar refractivity (Wildman–Crippen MR) is 105 cm³/mol. The second kappa shape index (κ2) is 6.62. The molecule has 0 aromatic heterocycles. The number of hydrogen-bond acceptors (Lipinski definition) is 7. The van der Waals surface area contributed by atoms with Crippen molar-refractivity contribution in [1.82, 2.24) is 5.01 Å². The standard InChI is InChI=1S/C19H16N4O3S/c24-18(21-12-5-6-16-17(9-12)26-11-25-16)10-27-19-22-14-4-2-1-3-13(14)15-7-8-20-23(15)19/h1-6,8-9,15H,7,10-11H2,(H,21,24). The van der Waals surface area contributed by atoms with Crippen molar-refractivity contribution in [1.29, 1.82) is 0 Å². The van der Waals surface area contributed by atoms with Crippen LogP contribution in [-0.2, 0) is 4.79 Å². The number of anilines is 1. The van der Waals surface area contributed by atoms with Crippen LogP contribution in [0.1, 0.15) is 18.0 Å². The fourth-order valence-corrected chi connectivity index (χ4v) is 4.08. The maximum atomic E-state index is 12.4. The van der Waals surface area contributed by atoms with E-state index in [9.17, 15) is 4.79 Å². The summed E-state index contributed by atoms with van der Waals surface area (Å²) in [4.78, 5) is 17.1. The molecule has 0 saturated carbocycles. The van der Waals surface area contributed by atoms with Crippen molar-refractivity contribution in [2.45, 2.75) is 12.5 Å². The largest absolute Gasteiger partial charge is 0.454 e. The number of amides is 1. The van der Waals surface area contributed by atoms with E-state index < -0.39 is 0 Å². The zero-order valence-corrected chi connectivity index (χ0v) is 15.1. The minimum absolute atomic E-state index is 0.111. The molecule has 0 spiro atoms. The predicted octanol–water partition coefficient (Wildman–Crippen LogP) is 3.52. The Morgan fingerprint density at radius 1 is 1.22 bits per heavy atom. The Morgan fingerprint density at radius 2 is 2.11 bits per heavy atom. The summed E-state index contributed by atoms with van der Waals surface area (Å²) in [7, 11) is 0. The third-order valence-corrected chi connectivity index (χ3v) is 5.47. The highest BCUT2D eigenvalue weighted by Crippen LogP contribution is 2.41. The molecule has 0 fully saturated rings. The first-order valence-electron chi connectivity index (χ1n) is 8.59. The van der Waals surface area contributed by atoms with E-state index >= 15 is 0 Å². The minimum atomic E-state index is -0.111. The molecule has 0 radical (unpaired) electrons. The molecule has 3 heterocycles. The molecule has 0 saturated heterocycles. The van der Waals surface area contributed by atoms with Gasteiger partial charge in [0.05, 0.1) is 17.5 Å². The zero-order chi connectivity index (χ0) is 18.2. The van der Waals surface area contributed by atoms with E-state index in [0.717, 1.165) is 17.3 Å². The Kier molecular flexibility index (Phi) is 3.97. The van der Waals surface area contributed by atoms with Crippen molar-refractivity contribution in [3.05, 3.63) is 48.0 Å². The van der Waals surface area contributed by atoms with Gasteiger partial charge in [-0.1, -0.05) is 30.0 Å². The number of carbonyl (C=O) groups excluding carboxylic acids is 1. The van der Waals surface area contributed by atoms with E-state index in [1.807, 2.05) is 29.4 Å². The number of nitrogens with zero attached hydrogens (tertiary/aromatic N) is 3. The summed E-state index contributed by atoms with van der Waals surface area (Å²) in [5.41, 5.74) is 2.80. The van der Waals surface area contributed by atoms with Crippen LogP contribution in [0, 0.1) is 0 Å². The van der Waals surface area contributed by atoms with Gasteiger partial charge in [0.25, 0.3) is 0 Å². The van der Waals surface area contributed by atoms with Crippen LogP contribution in [0.4, 0.5) is 11.4 Å². The van der Waals surface area contributed by atoms with E-state index in [2.05, 4.69) is 21.5 Å². The normalized spacial score (nSPS) is 18.7. The van der Waals surface area contributed by atoms with Gasteiger partial charge in [-0.2, -0.15) is 5.10 Å². The van der Waals surface area contributed by atoms with Gasteiger partial charge in [0.2, 0.25) is 12.7 Å². The number of ether oxygens (including phenoxy) is 2. The SMILES string of the molecule is O=C(CSC1=Nc2ccccc2C2CC=NN12)Nc1ccc2c(c1)OCO2. The molecule has 2 aromatic carbocycles. The lowest BCUT2D eigenvalue weighted by Crippen LogP contribution is -2.29. The third-order valence-electron chi connectivity index (χ3n) is 4.53. The number of hydrazone groups is 1. The number of hydrogen-bond donors (Lipinski definition) is 1. The van der Waals surface area contributed by atoms with E-state index in [1.54, 1.807) is 18.2 Å². The number of thioether (sulfide) groups is 1. The summed E-state index contributed by atoms with van der Waals surface area (Å²) >= 11 is 1.38. The summed E-state index contributed by atoms with van der Waals surface area (Å²) in [5.74, 6) is 1.47. The van der Waals surface area contributed by atoms with Gasteiger partial charge in [0.15, 0.2) is 16.7 Å². The van der Waals surface area contributed by atoms with Crippen LogP contribution in [-0.4, -0.2) is 34.8 Å². The van der Waals surface area contributed by atoms with Crippen LogP contribution in [0.5, 0.6) is 11.5 Å². The first-order chi connectivity index (χ1) is 13.3. The number of para-hydroxylation sites is 1. The molecule has 0 bridgehead atoms. The first kappa shape index (κ1) is 16.2. The molecule has 27 heavy (non-hydrogen) atoms. The number of aliphatic imine (C=N–C) groups is 1. The summed E-state index contributed by atoms with van der Waals surface area (Å²) in [6, 6.07) is 13.6. The second-order valence-corrected chi connectivity index (χ2v) is 7.19. The van der Waals surface area contributed by atoms with Crippen LogP contribution in [0.3, 0.4) is 0 Å². The van der Waals surface area contributed by atoms with E-state index in [-0.39, 0.29) is 24.5 Å². The van der Waals surface area contributed by atoms with Crippen molar-refractivity contribution in [3.8, 4) is 11.5 Å². The van der Waals surface area contributed by atoms with E-state index in [0.29, 0.717) is 17.2 Å². The van der Waals surface area contributed by atoms with E-state index in [1.165, 1.54) is 17.3 Å². The van der Waals surface area contributed by atoms with Crippen molar-refractivity contribution in [3.63, 3.8) is 0 Å². The summed E-state index contributed by atoms with van der Waals surface area (Å²) in [6.07, 6.45) is 2.75. The summed E-state index contributed by atoms with van der Waals surface area (Å²) < 4.78 is 10.6. The first-order valence-corrected chi connectivity index (χ1v) is 9.58. The Labute approximate surface area is 160 Å². The summed E-state index contributed by atoms with van der Waals surface area (Å²) in [5, 5.41) is 9.96. The van der Waals surface area contributed by atoms with Gasteiger partial charge in [-0.25, -0.2) is 10.0 Å². The van der Waals surface area contributed by atoms with Gasteiger partial charge in [0.1, 0.15) is 0 Å². The van der Waals surface area contributed by atoms with Crippen LogP contribution in [0.2, 0.25) is 0 Å². The zero-order valence-electron chi connectivity index (χ0n) is 14.3. The molecule has 1 atom stereocenters. The average molecular weight is 380 g/mol. The van der Waals surface area contributed by atoms with Crippen LogP contribution in [0.15, 0.2) is 52.6 Å². The van der Waals surface area contributed by atoms with Crippen LogP contribution < -0.4 is 14.8 Å². The van der Waals surface area contributed by atoms with Crippen LogP contribution in [0.25, 0.3) is 0 Å². The van der Waals surface area contributed by atoms with Crippen molar-refractivity contribution in [2.24, 2.45) is 10.1 Å². The Balaban J connectivity index is 1.27. The molecule has 5 rings (SSSR count). The van der Waals surface area contributed by atoms with Crippen molar-refractivity contribution < 1.29 is 14.3 Å². The molecule has 1 N–H and O–H groups in total. The van der Waals surface area contributed by atoms with Gasteiger partial charge < -0.3 is 14.8 Å². The van der Waals surface area contributed by atoms with Gasteiger partial charge in [-0.3, -0.25) is 4.79 Å². The lowest BCUT2D eigenvalue weighted by atomic mass is 10.0. The molecule has 1 amide bonds. The highest BCUT2D eigenvalue weighted by Gasteiger charge is 2.32. The highest BCUT2D eigenvalue weighted by molar-refractivity contribution is 8.14. The fraction of sp³-hybridized carbons (Fsp3) is 0.211. The monoisotopic (exact) mass is 380 g/mol. The highest BCUT2D eigenvalue weighted by atomic mass is 32.2. The second-order valence-electron chi connectivity index (χ2n) is 6.25.